The quantitative estimate of drug-likeness (QED) is 0.663. The summed E-state index contributed by atoms with van der Waals surface area (Å²) in [7, 11) is -2.42. The van der Waals surface area contributed by atoms with Crippen molar-refractivity contribution in [3.8, 4) is 5.75 Å². The fraction of sp³-hybridized carbons (Fsp3) is 0.261. The largest absolute Gasteiger partial charge is 0.496 e. The minimum atomic E-state index is -3.89. The number of piperidine rings is 1. The van der Waals surface area contributed by atoms with E-state index in [0.29, 0.717) is 24.5 Å². The number of carbonyl (C=O) groups excluding carboxylic acids is 1. The molecule has 1 aliphatic heterocycles. The summed E-state index contributed by atoms with van der Waals surface area (Å²) in [6.07, 6.45) is 3.01. The summed E-state index contributed by atoms with van der Waals surface area (Å²) in [4.78, 5) is 14.8. The molecule has 0 radical (unpaired) electrons. The molecule has 4 rings (SSSR count). The number of amides is 1. The highest BCUT2D eigenvalue weighted by atomic mass is 32.2. The Morgan fingerprint density at radius 2 is 1.70 bits per heavy atom. The van der Waals surface area contributed by atoms with Crippen LogP contribution in [0.2, 0.25) is 0 Å². The van der Waals surface area contributed by atoms with Crippen molar-refractivity contribution in [2.75, 3.05) is 24.9 Å². The molecule has 0 spiro atoms. The maximum absolute atomic E-state index is 13.1. The van der Waals surface area contributed by atoms with E-state index >= 15 is 0 Å². The first-order chi connectivity index (χ1) is 14.5. The van der Waals surface area contributed by atoms with E-state index in [1.165, 1.54) is 25.3 Å². The fourth-order valence-corrected chi connectivity index (χ4v) is 4.91. The van der Waals surface area contributed by atoms with Crippen LogP contribution in [-0.2, 0) is 10.0 Å². The Morgan fingerprint density at radius 1 is 0.967 bits per heavy atom. The van der Waals surface area contributed by atoms with E-state index in [-0.39, 0.29) is 16.4 Å². The molecular weight excluding hydrogens is 400 g/mol. The van der Waals surface area contributed by atoms with Gasteiger partial charge in [-0.3, -0.25) is 9.52 Å². The molecule has 0 unspecified atom stereocenters. The minimum Gasteiger partial charge on any atom is -0.496 e. The first-order valence-electron chi connectivity index (χ1n) is 9.97. The summed E-state index contributed by atoms with van der Waals surface area (Å²) in [5.41, 5.74) is 0.757. The van der Waals surface area contributed by atoms with Gasteiger partial charge in [-0.1, -0.05) is 36.4 Å². The van der Waals surface area contributed by atoms with Gasteiger partial charge in [-0.2, -0.15) is 0 Å². The summed E-state index contributed by atoms with van der Waals surface area (Å²) in [5.74, 6) is 0.170. The van der Waals surface area contributed by atoms with Crippen molar-refractivity contribution in [3.05, 3.63) is 66.2 Å². The van der Waals surface area contributed by atoms with Crippen molar-refractivity contribution < 1.29 is 17.9 Å². The third kappa shape index (κ3) is 3.98. The van der Waals surface area contributed by atoms with Crippen molar-refractivity contribution in [1.82, 2.24) is 4.90 Å². The van der Waals surface area contributed by atoms with Crippen LogP contribution < -0.4 is 9.46 Å². The van der Waals surface area contributed by atoms with E-state index in [4.69, 9.17) is 4.74 Å². The zero-order chi connectivity index (χ0) is 21.1. The molecule has 1 aliphatic rings. The van der Waals surface area contributed by atoms with E-state index in [9.17, 15) is 13.2 Å². The number of benzene rings is 3. The van der Waals surface area contributed by atoms with Crippen molar-refractivity contribution in [1.29, 1.82) is 0 Å². The second kappa shape index (κ2) is 8.36. The first-order valence-corrected chi connectivity index (χ1v) is 11.5. The van der Waals surface area contributed by atoms with Gasteiger partial charge in [0.15, 0.2) is 0 Å². The van der Waals surface area contributed by atoms with Crippen LogP contribution in [0.4, 0.5) is 5.69 Å². The molecule has 0 aromatic heterocycles. The molecule has 0 aliphatic carbocycles. The molecule has 156 valence electrons. The van der Waals surface area contributed by atoms with Crippen LogP contribution in [0.3, 0.4) is 0 Å². The predicted octanol–water partition coefficient (Wildman–Crippen LogP) is 4.28. The molecule has 0 saturated carbocycles. The monoisotopic (exact) mass is 424 g/mol. The van der Waals surface area contributed by atoms with Gasteiger partial charge in [0.2, 0.25) is 0 Å². The summed E-state index contributed by atoms with van der Waals surface area (Å²) in [6, 6.07) is 17.4. The van der Waals surface area contributed by atoms with Crippen LogP contribution in [0.25, 0.3) is 10.8 Å². The second-order valence-corrected chi connectivity index (χ2v) is 9.03. The molecule has 7 heteroatoms. The van der Waals surface area contributed by atoms with Crippen LogP contribution in [0.1, 0.15) is 29.6 Å². The Hall–Kier alpha value is -3.06. The van der Waals surface area contributed by atoms with Crippen LogP contribution in [0.15, 0.2) is 65.6 Å². The number of likely N-dealkylation sites (tertiary alicyclic amines) is 1. The molecule has 6 nitrogen and oxygen atoms in total. The lowest BCUT2D eigenvalue weighted by Crippen LogP contribution is -2.35. The van der Waals surface area contributed by atoms with Gasteiger partial charge in [0.1, 0.15) is 5.75 Å². The number of hydrogen-bond donors (Lipinski definition) is 1. The number of rotatable bonds is 5. The zero-order valence-electron chi connectivity index (χ0n) is 16.8. The van der Waals surface area contributed by atoms with Crippen molar-refractivity contribution >= 4 is 32.4 Å². The number of nitrogens with one attached hydrogen (secondary N) is 1. The number of methoxy groups -OCH3 is 1. The molecule has 1 N–H and O–H groups in total. The summed E-state index contributed by atoms with van der Waals surface area (Å²) in [5, 5.41) is 1.75. The Bertz CT molecular complexity index is 1180. The van der Waals surface area contributed by atoms with E-state index in [0.717, 1.165) is 30.0 Å². The standard InChI is InChI=1S/C23H24N2O4S/c1-29-22-13-12-18(16-20(22)23(26)25-14-5-2-6-15-25)30(27,28)24-21-11-7-9-17-8-3-4-10-19(17)21/h3-4,7-13,16,24H,2,5-6,14-15H2,1H3. The lowest BCUT2D eigenvalue weighted by molar-refractivity contribution is 0.0720. The normalized spacial score (nSPS) is 14.5. The Kier molecular flexibility index (Phi) is 5.63. The van der Waals surface area contributed by atoms with Gasteiger partial charge < -0.3 is 9.64 Å². The fourth-order valence-electron chi connectivity index (χ4n) is 3.81. The summed E-state index contributed by atoms with van der Waals surface area (Å²) < 4.78 is 34.2. The van der Waals surface area contributed by atoms with Crippen LogP contribution in [0, 0.1) is 0 Å². The Balaban J connectivity index is 1.69. The minimum absolute atomic E-state index is 0.0246. The van der Waals surface area contributed by atoms with Crippen LogP contribution in [-0.4, -0.2) is 39.4 Å². The number of fused-ring (bicyclic) bond motifs is 1. The van der Waals surface area contributed by atoms with Crippen molar-refractivity contribution in [2.45, 2.75) is 24.2 Å². The van der Waals surface area contributed by atoms with Gasteiger partial charge in [0, 0.05) is 18.5 Å². The van der Waals surface area contributed by atoms with Crippen LogP contribution >= 0.6 is 0 Å². The predicted molar refractivity (Wildman–Crippen MR) is 118 cm³/mol. The molecule has 1 saturated heterocycles. The van der Waals surface area contributed by atoms with Gasteiger partial charge in [0.05, 0.1) is 23.3 Å². The Labute approximate surface area is 176 Å². The number of sulfonamides is 1. The van der Waals surface area contributed by atoms with Crippen molar-refractivity contribution in [2.24, 2.45) is 0 Å². The molecule has 1 amide bonds. The second-order valence-electron chi connectivity index (χ2n) is 7.35. The topological polar surface area (TPSA) is 75.7 Å². The van der Waals surface area contributed by atoms with E-state index < -0.39 is 10.0 Å². The lowest BCUT2D eigenvalue weighted by Gasteiger charge is -2.27. The average molecular weight is 425 g/mol. The van der Waals surface area contributed by atoms with Gasteiger partial charge in [-0.05, 0) is 48.9 Å². The highest BCUT2D eigenvalue weighted by molar-refractivity contribution is 7.92. The van der Waals surface area contributed by atoms with Gasteiger partial charge in [0.25, 0.3) is 15.9 Å². The highest BCUT2D eigenvalue weighted by Crippen LogP contribution is 2.29. The molecule has 0 bridgehead atoms. The Morgan fingerprint density at radius 3 is 2.47 bits per heavy atom. The highest BCUT2D eigenvalue weighted by Gasteiger charge is 2.24. The number of hydrogen-bond acceptors (Lipinski definition) is 4. The van der Waals surface area contributed by atoms with Gasteiger partial charge in [-0.25, -0.2) is 8.42 Å². The SMILES string of the molecule is COc1ccc(S(=O)(=O)Nc2cccc3ccccc23)cc1C(=O)N1CCCCC1. The van der Waals surface area contributed by atoms with E-state index in [2.05, 4.69) is 4.72 Å². The van der Waals surface area contributed by atoms with Gasteiger partial charge in [-0.15, -0.1) is 0 Å². The molecule has 0 atom stereocenters. The molecular formula is C23H24N2O4S. The van der Waals surface area contributed by atoms with Crippen LogP contribution in [0.5, 0.6) is 5.75 Å². The smallest absolute Gasteiger partial charge is 0.261 e. The number of ether oxygens (including phenoxy) is 1. The van der Waals surface area contributed by atoms with E-state index in [1.54, 1.807) is 17.0 Å². The number of carbonyl (C=O) groups is 1. The third-order valence-corrected chi connectivity index (χ3v) is 6.75. The maximum atomic E-state index is 13.1. The molecule has 30 heavy (non-hydrogen) atoms. The first kappa shape index (κ1) is 20.2. The molecule has 3 aromatic carbocycles. The molecule has 1 heterocycles. The maximum Gasteiger partial charge on any atom is 0.261 e. The van der Waals surface area contributed by atoms with Crippen molar-refractivity contribution in [3.63, 3.8) is 0 Å². The van der Waals surface area contributed by atoms with E-state index in [1.807, 2.05) is 30.3 Å². The average Bonchev–Trinajstić information content (AvgIpc) is 2.79. The molecule has 3 aromatic rings. The third-order valence-electron chi connectivity index (χ3n) is 5.39. The summed E-state index contributed by atoms with van der Waals surface area (Å²) >= 11 is 0. The van der Waals surface area contributed by atoms with Gasteiger partial charge >= 0.3 is 0 Å². The lowest BCUT2D eigenvalue weighted by atomic mass is 10.1. The summed E-state index contributed by atoms with van der Waals surface area (Å²) in [6.45, 7) is 1.35. The molecule has 1 fully saturated rings. The number of nitrogens with zero attached hydrogens (tertiary/aromatic N) is 1. The number of anilines is 1. The zero-order valence-corrected chi connectivity index (χ0v) is 17.6.